The molecule has 1 aromatic carbocycles. The van der Waals surface area contributed by atoms with Crippen molar-refractivity contribution in [1.82, 2.24) is 9.80 Å². The molecule has 1 saturated heterocycles. The van der Waals surface area contributed by atoms with Crippen molar-refractivity contribution in [1.29, 1.82) is 0 Å². The summed E-state index contributed by atoms with van der Waals surface area (Å²) in [6.45, 7) is 1.58. The molecule has 6 heteroatoms. The third-order valence-corrected chi connectivity index (χ3v) is 6.47. The third kappa shape index (κ3) is 5.30. The highest BCUT2D eigenvalue weighted by Gasteiger charge is 2.23. The molecule has 27 heavy (non-hydrogen) atoms. The minimum Gasteiger partial charge on any atom is -0.480 e. The Morgan fingerprint density at radius 1 is 1.26 bits per heavy atom. The van der Waals surface area contributed by atoms with E-state index in [9.17, 15) is 9.59 Å². The van der Waals surface area contributed by atoms with Crippen molar-refractivity contribution in [3.8, 4) is 0 Å². The lowest BCUT2D eigenvalue weighted by molar-refractivity contribution is -0.138. The molecule has 2 heterocycles. The SMILES string of the molecule is CN(CC(=O)O)C1CCCN(C(=O)CCCc2csc3ccccc23)CC1. The molecule has 1 aromatic heterocycles. The summed E-state index contributed by atoms with van der Waals surface area (Å²) in [5.41, 5.74) is 1.34. The number of aryl methyl sites for hydroxylation is 1. The van der Waals surface area contributed by atoms with Crippen LogP contribution in [0.5, 0.6) is 0 Å². The summed E-state index contributed by atoms with van der Waals surface area (Å²) in [5, 5.41) is 12.5. The predicted molar refractivity (Wildman–Crippen MR) is 109 cm³/mol. The fourth-order valence-electron chi connectivity index (χ4n) is 3.93. The summed E-state index contributed by atoms with van der Waals surface area (Å²) in [4.78, 5) is 27.4. The van der Waals surface area contributed by atoms with Crippen LogP contribution in [0.2, 0.25) is 0 Å². The monoisotopic (exact) mass is 388 g/mol. The Balaban J connectivity index is 1.46. The number of carboxylic acids is 1. The van der Waals surface area contributed by atoms with Crippen LogP contribution in [0.25, 0.3) is 10.1 Å². The van der Waals surface area contributed by atoms with Gasteiger partial charge in [0.25, 0.3) is 0 Å². The normalized spacial score (nSPS) is 18.0. The van der Waals surface area contributed by atoms with E-state index in [-0.39, 0.29) is 18.5 Å². The molecule has 0 radical (unpaired) electrons. The van der Waals surface area contributed by atoms with Crippen LogP contribution in [0, 0.1) is 0 Å². The Kier molecular flexibility index (Phi) is 6.85. The van der Waals surface area contributed by atoms with Gasteiger partial charge in [0.2, 0.25) is 5.91 Å². The maximum atomic E-state index is 12.6. The van der Waals surface area contributed by atoms with Crippen molar-refractivity contribution >= 4 is 33.3 Å². The predicted octanol–water partition coefficient (Wildman–Crippen LogP) is 3.62. The second-order valence-electron chi connectivity index (χ2n) is 7.39. The van der Waals surface area contributed by atoms with Crippen LogP contribution in [0.3, 0.4) is 0 Å². The number of rotatable bonds is 7. The standard InChI is InChI=1S/C21H28N2O3S/c1-22(14-21(25)26)17-7-5-12-23(13-11-17)20(24)10-4-6-16-15-27-19-9-3-2-8-18(16)19/h2-3,8-9,15,17H,4-7,10-14H2,1H3,(H,25,26). The van der Waals surface area contributed by atoms with Gasteiger partial charge in [-0.1, -0.05) is 18.2 Å². The lowest BCUT2D eigenvalue weighted by atomic mass is 10.1. The van der Waals surface area contributed by atoms with Gasteiger partial charge in [0.15, 0.2) is 0 Å². The number of hydrogen-bond acceptors (Lipinski definition) is 4. The fraction of sp³-hybridized carbons (Fsp3) is 0.524. The molecule has 1 N–H and O–H groups in total. The summed E-state index contributed by atoms with van der Waals surface area (Å²) in [6.07, 6.45) is 5.14. The van der Waals surface area contributed by atoms with E-state index in [2.05, 4.69) is 29.6 Å². The van der Waals surface area contributed by atoms with E-state index in [0.29, 0.717) is 6.42 Å². The average molecular weight is 389 g/mol. The van der Waals surface area contributed by atoms with Gasteiger partial charge in [0.05, 0.1) is 6.54 Å². The molecule has 0 saturated carbocycles. The summed E-state index contributed by atoms with van der Waals surface area (Å²) in [6, 6.07) is 8.68. The van der Waals surface area contributed by atoms with Gasteiger partial charge >= 0.3 is 5.97 Å². The molecule has 5 nitrogen and oxygen atoms in total. The van der Waals surface area contributed by atoms with Crippen LogP contribution < -0.4 is 0 Å². The molecule has 146 valence electrons. The summed E-state index contributed by atoms with van der Waals surface area (Å²) >= 11 is 1.77. The van der Waals surface area contributed by atoms with E-state index >= 15 is 0 Å². The first kappa shape index (κ1) is 19.8. The zero-order valence-corrected chi connectivity index (χ0v) is 16.7. The topological polar surface area (TPSA) is 60.9 Å². The zero-order valence-electron chi connectivity index (χ0n) is 15.9. The van der Waals surface area contributed by atoms with E-state index in [1.807, 2.05) is 16.8 Å². The molecule has 1 amide bonds. The maximum Gasteiger partial charge on any atom is 0.317 e. The molecular formula is C21H28N2O3S. The maximum absolute atomic E-state index is 12.6. The van der Waals surface area contributed by atoms with Crippen LogP contribution in [0.4, 0.5) is 0 Å². The highest BCUT2D eigenvalue weighted by Crippen LogP contribution is 2.27. The van der Waals surface area contributed by atoms with Crippen LogP contribution >= 0.6 is 11.3 Å². The van der Waals surface area contributed by atoms with Gasteiger partial charge in [-0.2, -0.15) is 0 Å². The number of likely N-dealkylation sites (tertiary alicyclic amines) is 1. The Hall–Kier alpha value is -1.92. The van der Waals surface area contributed by atoms with Crippen LogP contribution in [0.1, 0.15) is 37.7 Å². The first-order chi connectivity index (χ1) is 13.0. The molecule has 1 aliphatic rings. The van der Waals surface area contributed by atoms with Gasteiger partial charge in [-0.05, 0) is 61.5 Å². The van der Waals surface area contributed by atoms with E-state index in [4.69, 9.17) is 5.11 Å². The highest BCUT2D eigenvalue weighted by atomic mass is 32.1. The largest absolute Gasteiger partial charge is 0.480 e. The summed E-state index contributed by atoms with van der Waals surface area (Å²) < 4.78 is 1.31. The number of carbonyl (C=O) groups excluding carboxylic acids is 1. The molecule has 0 aliphatic carbocycles. The van der Waals surface area contributed by atoms with E-state index in [1.54, 1.807) is 11.3 Å². The Morgan fingerprint density at radius 2 is 2.07 bits per heavy atom. The minimum absolute atomic E-state index is 0.0627. The van der Waals surface area contributed by atoms with Crippen molar-refractivity contribution < 1.29 is 14.7 Å². The second-order valence-corrected chi connectivity index (χ2v) is 8.30. The second kappa shape index (κ2) is 9.33. The fourth-order valence-corrected chi connectivity index (χ4v) is 4.92. The molecule has 1 fully saturated rings. The molecule has 3 rings (SSSR count). The van der Waals surface area contributed by atoms with Crippen molar-refractivity contribution in [3.05, 3.63) is 35.2 Å². The van der Waals surface area contributed by atoms with Gasteiger partial charge in [-0.15, -0.1) is 11.3 Å². The van der Waals surface area contributed by atoms with Gasteiger partial charge < -0.3 is 10.0 Å². The Morgan fingerprint density at radius 3 is 2.89 bits per heavy atom. The van der Waals surface area contributed by atoms with E-state index in [1.165, 1.54) is 15.6 Å². The zero-order chi connectivity index (χ0) is 19.2. The van der Waals surface area contributed by atoms with E-state index in [0.717, 1.165) is 45.2 Å². The lowest BCUT2D eigenvalue weighted by Crippen LogP contribution is -2.37. The molecule has 2 aromatic rings. The Bertz CT molecular complexity index is 789. The van der Waals surface area contributed by atoms with Gasteiger partial charge in [0, 0.05) is 30.3 Å². The number of aliphatic carboxylic acids is 1. The summed E-state index contributed by atoms with van der Waals surface area (Å²) in [7, 11) is 1.86. The van der Waals surface area contributed by atoms with E-state index < -0.39 is 5.97 Å². The molecule has 1 aliphatic heterocycles. The number of carbonyl (C=O) groups is 2. The molecule has 0 bridgehead atoms. The molecule has 1 atom stereocenters. The van der Waals surface area contributed by atoms with Gasteiger partial charge in [0.1, 0.15) is 0 Å². The van der Waals surface area contributed by atoms with Crippen LogP contribution in [-0.4, -0.2) is 59.5 Å². The van der Waals surface area contributed by atoms with Gasteiger partial charge in [-0.3, -0.25) is 14.5 Å². The van der Waals surface area contributed by atoms with Crippen molar-refractivity contribution in [3.63, 3.8) is 0 Å². The minimum atomic E-state index is -0.796. The number of benzene rings is 1. The lowest BCUT2D eigenvalue weighted by Gasteiger charge is -2.25. The molecular weight excluding hydrogens is 360 g/mol. The number of amides is 1. The number of likely N-dealkylation sites (N-methyl/N-ethyl adjacent to an activating group) is 1. The number of thiophene rings is 1. The summed E-state index contributed by atoms with van der Waals surface area (Å²) in [5.74, 6) is -0.563. The smallest absolute Gasteiger partial charge is 0.317 e. The number of fused-ring (bicyclic) bond motifs is 1. The number of nitrogens with zero attached hydrogens (tertiary/aromatic N) is 2. The van der Waals surface area contributed by atoms with Crippen molar-refractivity contribution in [2.75, 3.05) is 26.7 Å². The quantitative estimate of drug-likeness (QED) is 0.787. The van der Waals surface area contributed by atoms with Crippen LogP contribution in [-0.2, 0) is 16.0 Å². The number of hydrogen-bond donors (Lipinski definition) is 1. The number of carboxylic acid groups (broad SMARTS) is 1. The first-order valence-corrected chi connectivity index (χ1v) is 10.6. The third-order valence-electron chi connectivity index (χ3n) is 5.46. The van der Waals surface area contributed by atoms with Gasteiger partial charge in [-0.25, -0.2) is 0 Å². The van der Waals surface area contributed by atoms with Crippen molar-refractivity contribution in [2.45, 2.75) is 44.6 Å². The highest BCUT2D eigenvalue weighted by molar-refractivity contribution is 7.17. The molecule has 1 unspecified atom stereocenters. The first-order valence-electron chi connectivity index (χ1n) is 9.69. The average Bonchev–Trinajstić information content (AvgIpc) is 2.88. The molecule has 0 spiro atoms. The van der Waals surface area contributed by atoms with Crippen molar-refractivity contribution in [2.24, 2.45) is 0 Å². The Labute approximate surface area is 164 Å². The van der Waals surface area contributed by atoms with Crippen LogP contribution in [0.15, 0.2) is 29.6 Å².